The van der Waals surface area contributed by atoms with Crippen LogP contribution in [-0.4, -0.2) is 38.5 Å². The quantitative estimate of drug-likeness (QED) is 0.387. The summed E-state index contributed by atoms with van der Waals surface area (Å²) >= 11 is 1.36. The van der Waals surface area contributed by atoms with Gasteiger partial charge in [-0.15, -0.1) is 9.19 Å². The van der Waals surface area contributed by atoms with Crippen LogP contribution in [0.25, 0.3) is 0 Å². The SMILES string of the molecule is Cc1ccc(S(=O)(=O)n2cc([C@H](c3ccccc3)[C@@]3(C)SC(c4ccccc4)=NC3=O)nn2)cc1. The molecule has 1 aliphatic heterocycles. The molecular weight excluding hydrogens is 480 g/mol. The molecular formula is C26H22N4O3S2. The Morgan fingerprint density at radius 2 is 1.54 bits per heavy atom. The minimum Gasteiger partial charge on any atom is -0.271 e. The van der Waals surface area contributed by atoms with Crippen molar-refractivity contribution < 1.29 is 13.2 Å². The van der Waals surface area contributed by atoms with Crippen molar-refractivity contribution in [1.82, 2.24) is 14.4 Å². The van der Waals surface area contributed by atoms with Gasteiger partial charge in [0.15, 0.2) is 0 Å². The number of carbonyl (C=O) groups excluding carboxylic acids is 1. The molecule has 0 aliphatic carbocycles. The third kappa shape index (κ3) is 4.21. The number of aliphatic imine (C=N–C) groups is 1. The molecule has 1 amide bonds. The van der Waals surface area contributed by atoms with Gasteiger partial charge in [0.05, 0.1) is 22.7 Å². The molecule has 0 N–H and O–H groups in total. The van der Waals surface area contributed by atoms with Crippen molar-refractivity contribution in [2.75, 3.05) is 0 Å². The molecule has 176 valence electrons. The molecule has 0 fully saturated rings. The maximum absolute atomic E-state index is 13.3. The summed E-state index contributed by atoms with van der Waals surface area (Å²) in [6.07, 6.45) is 1.40. The Hall–Kier alpha value is -3.56. The second-order valence-electron chi connectivity index (χ2n) is 8.47. The fraction of sp³-hybridized carbons (Fsp3) is 0.154. The maximum Gasteiger partial charge on any atom is 0.284 e. The Balaban J connectivity index is 1.57. The van der Waals surface area contributed by atoms with Gasteiger partial charge in [-0.1, -0.05) is 95.3 Å². The van der Waals surface area contributed by atoms with E-state index in [1.54, 1.807) is 24.3 Å². The number of amides is 1. The standard InChI is InChI=1S/C26H22N4O3S2/c1-18-13-15-21(16-14-18)35(32,33)30-17-22(28-29-30)23(19-9-5-3-6-10-19)26(2)25(31)27-24(34-26)20-11-7-4-8-12-20/h3-17,23H,1-2H3/t23-,26+/m0/s1. The van der Waals surface area contributed by atoms with Crippen LogP contribution in [0, 0.1) is 6.92 Å². The lowest BCUT2D eigenvalue weighted by molar-refractivity contribution is -0.119. The molecule has 9 heteroatoms. The lowest BCUT2D eigenvalue weighted by Crippen LogP contribution is -2.36. The summed E-state index contributed by atoms with van der Waals surface area (Å²) in [6.45, 7) is 3.71. The second kappa shape index (κ2) is 8.90. The highest BCUT2D eigenvalue weighted by Crippen LogP contribution is 2.48. The molecule has 0 radical (unpaired) electrons. The van der Waals surface area contributed by atoms with E-state index in [9.17, 15) is 13.2 Å². The topological polar surface area (TPSA) is 94.3 Å². The predicted molar refractivity (Wildman–Crippen MR) is 136 cm³/mol. The third-order valence-corrected chi connectivity index (χ3v) is 8.89. The van der Waals surface area contributed by atoms with Gasteiger partial charge in [0.25, 0.3) is 15.9 Å². The van der Waals surface area contributed by atoms with Gasteiger partial charge in [-0.2, -0.15) is 8.42 Å². The fourth-order valence-electron chi connectivity index (χ4n) is 4.10. The first-order valence-corrected chi connectivity index (χ1v) is 13.2. The van der Waals surface area contributed by atoms with Gasteiger partial charge in [0.2, 0.25) is 0 Å². The van der Waals surface area contributed by atoms with Gasteiger partial charge in [0.1, 0.15) is 9.79 Å². The van der Waals surface area contributed by atoms with Gasteiger partial charge in [-0.3, -0.25) is 4.79 Å². The normalized spacial score (nSPS) is 18.9. The smallest absolute Gasteiger partial charge is 0.271 e. The van der Waals surface area contributed by atoms with Crippen LogP contribution in [0.4, 0.5) is 0 Å². The van der Waals surface area contributed by atoms with Crippen LogP contribution in [0.5, 0.6) is 0 Å². The molecule has 2 heterocycles. The van der Waals surface area contributed by atoms with Gasteiger partial charge < -0.3 is 0 Å². The number of aryl methyl sites for hydroxylation is 1. The third-order valence-electron chi connectivity index (χ3n) is 5.99. The number of benzene rings is 3. The number of hydrogen-bond donors (Lipinski definition) is 0. The zero-order chi connectivity index (χ0) is 24.6. The Kier molecular flexibility index (Phi) is 5.90. The summed E-state index contributed by atoms with van der Waals surface area (Å²) in [5.41, 5.74) is 3.00. The zero-order valence-electron chi connectivity index (χ0n) is 19.1. The molecule has 7 nitrogen and oxygen atoms in total. The first kappa shape index (κ1) is 23.2. The van der Waals surface area contributed by atoms with Crippen LogP contribution in [0.2, 0.25) is 0 Å². The second-order valence-corrected chi connectivity index (χ2v) is 11.7. The molecule has 3 aromatic carbocycles. The van der Waals surface area contributed by atoms with Gasteiger partial charge >= 0.3 is 0 Å². The van der Waals surface area contributed by atoms with E-state index in [-0.39, 0.29) is 10.8 Å². The number of hydrogen-bond acceptors (Lipinski definition) is 6. The maximum atomic E-state index is 13.3. The van der Waals surface area contributed by atoms with E-state index in [1.807, 2.05) is 74.5 Å². The van der Waals surface area contributed by atoms with Crippen LogP contribution >= 0.6 is 11.8 Å². The predicted octanol–water partition coefficient (Wildman–Crippen LogP) is 4.43. The highest BCUT2D eigenvalue weighted by atomic mass is 32.2. The minimum atomic E-state index is -3.94. The first-order chi connectivity index (χ1) is 16.8. The van der Waals surface area contributed by atoms with E-state index in [1.165, 1.54) is 18.0 Å². The van der Waals surface area contributed by atoms with Crippen molar-refractivity contribution >= 4 is 32.7 Å². The molecule has 0 spiro atoms. The highest BCUT2D eigenvalue weighted by Gasteiger charge is 2.50. The molecule has 0 saturated carbocycles. The number of carbonyl (C=O) groups is 1. The summed E-state index contributed by atoms with van der Waals surface area (Å²) < 4.78 is 26.2. The molecule has 5 rings (SSSR count). The van der Waals surface area contributed by atoms with Crippen molar-refractivity contribution in [3.63, 3.8) is 0 Å². The van der Waals surface area contributed by atoms with Crippen molar-refractivity contribution in [3.8, 4) is 0 Å². The highest BCUT2D eigenvalue weighted by molar-refractivity contribution is 8.16. The Bertz CT molecular complexity index is 1520. The zero-order valence-corrected chi connectivity index (χ0v) is 20.7. The molecule has 1 aromatic heterocycles. The van der Waals surface area contributed by atoms with Crippen LogP contribution < -0.4 is 0 Å². The van der Waals surface area contributed by atoms with E-state index in [0.29, 0.717) is 10.7 Å². The Morgan fingerprint density at radius 3 is 2.20 bits per heavy atom. The lowest BCUT2D eigenvalue weighted by Gasteiger charge is -2.29. The van der Waals surface area contributed by atoms with E-state index in [0.717, 1.165) is 20.8 Å². The molecule has 35 heavy (non-hydrogen) atoms. The molecule has 0 saturated heterocycles. The lowest BCUT2D eigenvalue weighted by atomic mass is 9.83. The number of nitrogens with zero attached hydrogens (tertiary/aromatic N) is 4. The summed E-state index contributed by atoms with van der Waals surface area (Å²) in [5, 5.41) is 8.82. The van der Waals surface area contributed by atoms with E-state index < -0.39 is 20.7 Å². The Labute approximate surface area is 208 Å². The first-order valence-electron chi connectivity index (χ1n) is 11.0. The van der Waals surface area contributed by atoms with Crippen LogP contribution in [0.1, 0.15) is 35.2 Å². The van der Waals surface area contributed by atoms with Crippen molar-refractivity contribution in [1.29, 1.82) is 0 Å². The molecule has 4 aromatic rings. The molecule has 1 aliphatic rings. The number of rotatable bonds is 6. The van der Waals surface area contributed by atoms with Crippen molar-refractivity contribution in [2.45, 2.75) is 29.4 Å². The minimum absolute atomic E-state index is 0.114. The van der Waals surface area contributed by atoms with Gasteiger partial charge in [0, 0.05) is 5.56 Å². The van der Waals surface area contributed by atoms with Gasteiger partial charge in [-0.05, 0) is 31.5 Å². The largest absolute Gasteiger partial charge is 0.284 e. The monoisotopic (exact) mass is 502 g/mol. The van der Waals surface area contributed by atoms with E-state index in [4.69, 9.17) is 0 Å². The molecule has 2 atom stereocenters. The van der Waals surface area contributed by atoms with Crippen LogP contribution in [0.15, 0.2) is 101 Å². The molecule has 0 bridgehead atoms. The summed E-state index contributed by atoms with van der Waals surface area (Å²) in [4.78, 5) is 17.8. The van der Waals surface area contributed by atoms with Crippen molar-refractivity contribution in [3.05, 3.63) is 114 Å². The average Bonchev–Trinajstić information content (AvgIpc) is 3.47. The van der Waals surface area contributed by atoms with Crippen LogP contribution in [0.3, 0.4) is 0 Å². The van der Waals surface area contributed by atoms with E-state index >= 15 is 0 Å². The number of thioether (sulfide) groups is 1. The fourth-order valence-corrected chi connectivity index (χ4v) is 6.47. The van der Waals surface area contributed by atoms with Crippen molar-refractivity contribution in [2.24, 2.45) is 4.99 Å². The number of aromatic nitrogens is 3. The van der Waals surface area contributed by atoms with E-state index in [2.05, 4.69) is 15.3 Å². The van der Waals surface area contributed by atoms with Crippen LogP contribution in [-0.2, 0) is 14.8 Å². The van der Waals surface area contributed by atoms with Gasteiger partial charge in [-0.25, -0.2) is 4.99 Å². The summed E-state index contributed by atoms with van der Waals surface area (Å²) in [5.74, 6) is -0.876. The Morgan fingerprint density at radius 1 is 0.914 bits per heavy atom. The molecule has 0 unspecified atom stereocenters. The summed E-state index contributed by atoms with van der Waals surface area (Å²) in [6, 6.07) is 25.5. The average molecular weight is 503 g/mol. The summed E-state index contributed by atoms with van der Waals surface area (Å²) in [7, 11) is -3.94.